The van der Waals surface area contributed by atoms with E-state index in [0.717, 1.165) is 54.4 Å². The molecule has 3 aromatic rings. The zero-order valence-corrected chi connectivity index (χ0v) is 18.7. The van der Waals surface area contributed by atoms with E-state index >= 15 is 0 Å². The Kier molecular flexibility index (Phi) is 5.79. The number of aromatic nitrogens is 1. The van der Waals surface area contributed by atoms with Gasteiger partial charge in [0.05, 0.1) is 4.90 Å². The van der Waals surface area contributed by atoms with Gasteiger partial charge in [0.25, 0.3) is 0 Å². The van der Waals surface area contributed by atoms with E-state index in [0.29, 0.717) is 11.8 Å². The fourth-order valence-electron chi connectivity index (χ4n) is 3.52. The van der Waals surface area contributed by atoms with Gasteiger partial charge in [-0.3, -0.25) is 0 Å². The van der Waals surface area contributed by atoms with Gasteiger partial charge in [0.15, 0.2) is 0 Å². The van der Waals surface area contributed by atoms with Crippen molar-refractivity contribution in [2.24, 2.45) is 0 Å². The smallest absolute Gasteiger partial charge is 0.236 e. The minimum Gasteiger partial charge on any atom is -0.419 e. The monoisotopic (exact) mass is 474 g/mol. The third-order valence-corrected chi connectivity index (χ3v) is 7.29. The van der Waals surface area contributed by atoms with Crippen molar-refractivity contribution in [3.05, 3.63) is 58.6 Å². The van der Waals surface area contributed by atoms with Crippen molar-refractivity contribution in [2.45, 2.75) is 42.5 Å². The highest BCUT2D eigenvalue weighted by molar-refractivity contribution is 9.10. The third-order valence-electron chi connectivity index (χ3n) is 5.13. The molecule has 1 aliphatic rings. The predicted octanol–water partition coefficient (Wildman–Crippen LogP) is 5.63. The van der Waals surface area contributed by atoms with Crippen molar-refractivity contribution < 1.29 is 12.8 Å². The standard InChI is InChI=1S/C22H23BrN2O3S/c1-16-9-11-19(12-10-16)29(26,27)21-22(25-13-4-2-3-5-14-25)28-20(24-21)17-7-6-8-18(23)15-17/h6-12,15H,2-5,13-14H2,1H3. The molecule has 0 N–H and O–H groups in total. The summed E-state index contributed by atoms with van der Waals surface area (Å²) in [5, 5.41) is -0.00164. The molecule has 0 saturated carbocycles. The minimum atomic E-state index is -3.80. The van der Waals surface area contributed by atoms with Gasteiger partial charge >= 0.3 is 0 Å². The second-order valence-corrected chi connectivity index (χ2v) is 10.1. The summed E-state index contributed by atoms with van der Waals surface area (Å²) in [4.78, 5) is 6.74. The Hall–Kier alpha value is -2.12. The first-order valence-electron chi connectivity index (χ1n) is 9.78. The summed E-state index contributed by atoms with van der Waals surface area (Å²) in [7, 11) is -3.80. The Morgan fingerprint density at radius 1 is 1.00 bits per heavy atom. The molecule has 2 aromatic carbocycles. The van der Waals surface area contributed by atoms with Crippen LogP contribution >= 0.6 is 15.9 Å². The summed E-state index contributed by atoms with van der Waals surface area (Å²) < 4.78 is 33.9. The molecule has 2 heterocycles. The first-order valence-corrected chi connectivity index (χ1v) is 12.1. The SMILES string of the molecule is Cc1ccc(S(=O)(=O)c2nc(-c3cccc(Br)c3)oc2N2CCCCCC2)cc1. The zero-order chi connectivity index (χ0) is 20.4. The van der Waals surface area contributed by atoms with Crippen molar-refractivity contribution in [3.63, 3.8) is 0 Å². The molecular weight excluding hydrogens is 452 g/mol. The number of anilines is 1. The zero-order valence-electron chi connectivity index (χ0n) is 16.3. The second-order valence-electron chi connectivity index (χ2n) is 7.36. The molecule has 0 spiro atoms. The van der Waals surface area contributed by atoms with Crippen LogP contribution in [0.4, 0.5) is 5.88 Å². The van der Waals surface area contributed by atoms with E-state index < -0.39 is 9.84 Å². The number of halogens is 1. The molecular formula is C22H23BrN2O3S. The van der Waals surface area contributed by atoms with Crippen molar-refractivity contribution in [3.8, 4) is 11.5 Å². The van der Waals surface area contributed by atoms with Gasteiger partial charge in [-0.1, -0.05) is 52.5 Å². The van der Waals surface area contributed by atoms with Crippen LogP contribution in [0.1, 0.15) is 31.2 Å². The fourth-order valence-corrected chi connectivity index (χ4v) is 5.24. The van der Waals surface area contributed by atoms with Crippen molar-refractivity contribution in [1.29, 1.82) is 0 Å². The summed E-state index contributed by atoms with van der Waals surface area (Å²) in [6.07, 6.45) is 4.31. The van der Waals surface area contributed by atoms with Crippen LogP contribution < -0.4 is 4.90 Å². The molecule has 1 aliphatic heterocycles. The number of hydrogen-bond donors (Lipinski definition) is 0. The lowest BCUT2D eigenvalue weighted by molar-refractivity contribution is 0.543. The Morgan fingerprint density at radius 2 is 1.69 bits per heavy atom. The highest BCUT2D eigenvalue weighted by atomic mass is 79.9. The van der Waals surface area contributed by atoms with Crippen LogP contribution in [0.2, 0.25) is 0 Å². The molecule has 152 valence electrons. The van der Waals surface area contributed by atoms with E-state index in [-0.39, 0.29) is 9.92 Å². The maximum absolute atomic E-state index is 13.4. The first-order chi connectivity index (χ1) is 13.9. The Morgan fingerprint density at radius 3 is 2.34 bits per heavy atom. The molecule has 0 bridgehead atoms. The molecule has 0 unspecified atom stereocenters. The lowest BCUT2D eigenvalue weighted by atomic mass is 10.2. The van der Waals surface area contributed by atoms with E-state index in [9.17, 15) is 8.42 Å². The van der Waals surface area contributed by atoms with Crippen molar-refractivity contribution in [1.82, 2.24) is 4.98 Å². The first kappa shape index (κ1) is 20.2. The second kappa shape index (κ2) is 8.32. The molecule has 0 aliphatic carbocycles. The lowest BCUT2D eigenvalue weighted by Gasteiger charge is -2.20. The Balaban J connectivity index is 1.85. The van der Waals surface area contributed by atoms with Crippen molar-refractivity contribution >= 4 is 31.7 Å². The van der Waals surface area contributed by atoms with E-state index in [1.165, 1.54) is 0 Å². The number of benzene rings is 2. The number of hydrogen-bond acceptors (Lipinski definition) is 5. The predicted molar refractivity (Wildman–Crippen MR) is 117 cm³/mol. The van der Waals surface area contributed by atoms with Gasteiger partial charge in [-0.05, 0) is 50.1 Å². The van der Waals surface area contributed by atoms with E-state index in [2.05, 4.69) is 20.9 Å². The molecule has 7 heteroatoms. The van der Waals surface area contributed by atoms with Crippen LogP contribution in [0.15, 0.2) is 67.3 Å². The highest BCUT2D eigenvalue weighted by Crippen LogP contribution is 2.36. The molecule has 0 amide bonds. The van der Waals surface area contributed by atoms with E-state index in [1.807, 2.05) is 36.1 Å². The third kappa shape index (κ3) is 4.26. The van der Waals surface area contributed by atoms with E-state index in [1.54, 1.807) is 24.3 Å². The summed E-state index contributed by atoms with van der Waals surface area (Å²) >= 11 is 3.46. The minimum absolute atomic E-state index is 0.00164. The molecule has 0 atom stereocenters. The normalized spacial score (nSPS) is 15.3. The molecule has 1 aromatic heterocycles. The molecule has 29 heavy (non-hydrogen) atoms. The van der Waals surface area contributed by atoms with Crippen LogP contribution in [0.25, 0.3) is 11.5 Å². The Labute approximate surface area is 179 Å². The fraction of sp³-hybridized carbons (Fsp3) is 0.318. The van der Waals surface area contributed by atoms with E-state index in [4.69, 9.17) is 4.42 Å². The molecule has 5 nitrogen and oxygen atoms in total. The number of oxazole rings is 1. The quantitative estimate of drug-likeness (QED) is 0.490. The summed E-state index contributed by atoms with van der Waals surface area (Å²) in [5.74, 6) is 0.665. The summed E-state index contributed by atoms with van der Waals surface area (Å²) in [6.45, 7) is 3.47. The average Bonchev–Trinajstić information content (AvgIpc) is 2.98. The average molecular weight is 475 g/mol. The van der Waals surface area contributed by atoms with Crippen LogP contribution in [-0.4, -0.2) is 26.5 Å². The molecule has 1 saturated heterocycles. The Bertz CT molecular complexity index is 1100. The molecule has 1 fully saturated rings. The van der Waals surface area contributed by atoms with Gasteiger partial charge in [-0.15, -0.1) is 0 Å². The van der Waals surface area contributed by atoms with Gasteiger partial charge in [0.1, 0.15) is 0 Å². The maximum atomic E-state index is 13.4. The highest BCUT2D eigenvalue weighted by Gasteiger charge is 2.31. The van der Waals surface area contributed by atoms with Gasteiger partial charge in [-0.25, -0.2) is 8.42 Å². The summed E-state index contributed by atoms with van der Waals surface area (Å²) in [6, 6.07) is 14.4. The van der Waals surface area contributed by atoms with Gasteiger partial charge in [0, 0.05) is 23.1 Å². The van der Waals surface area contributed by atoms with Gasteiger partial charge < -0.3 is 9.32 Å². The van der Waals surface area contributed by atoms with Gasteiger partial charge in [-0.2, -0.15) is 4.98 Å². The molecule has 4 rings (SSSR count). The number of rotatable bonds is 4. The number of aryl methyl sites for hydroxylation is 1. The number of nitrogens with zero attached hydrogens (tertiary/aromatic N) is 2. The summed E-state index contributed by atoms with van der Waals surface area (Å²) in [5.41, 5.74) is 1.74. The molecule has 0 radical (unpaired) electrons. The van der Waals surface area contributed by atoms with Crippen LogP contribution in [0, 0.1) is 6.92 Å². The number of sulfone groups is 1. The largest absolute Gasteiger partial charge is 0.419 e. The van der Waals surface area contributed by atoms with Crippen LogP contribution in [0.3, 0.4) is 0 Å². The van der Waals surface area contributed by atoms with Crippen LogP contribution in [0.5, 0.6) is 0 Å². The topological polar surface area (TPSA) is 63.4 Å². The maximum Gasteiger partial charge on any atom is 0.236 e. The lowest BCUT2D eigenvalue weighted by Crippen LogP contribution is -2.25. The van der Waals surface area contributed by atoms with Crippen LogP contribution in [-0.2, 0) is 9.84 Å². The van der Waals surface area contributed by atoms with Gasteiger partial charge in [0.2, 0.25) is 26.6 Å². The van der Waals surface area contributed by atoms with Crippen molar-refractivity contribution in [2.75, 3.05) is 18.0 Å².